The molecule has 0 aromatic heterocycles. The maximum absolute atomic E-state index is 10.3. The summed E-state index contributed by atoms with van der Waals surface area (Å²) in [6.07, 6.45) is 3.49. The Morgan fingerprint density at radius 3 is 3.16 bits per heavy atom. The van der Waals surface area contributed by atoms with E-state index in [1.807, 2.05) is 6.07 Å². The van der Waals surface area contributed by atoms with E-state index in [2.05, 4.69) is 16.5 Å². The Morgan fingerprint density at radius 1 is 1.58 bits per heavy atom. The van der Waals surface area contributed by atoms with Crippen molar-refractivity contribution in [2.24, 2.45) is 5.10 Å². The fraction of sp³-hybridized carbons (Fsp3) is 0.167. The van der Waals surface area contributed by atoms with Gasteiger partial charge in [-0.3, -0.25) is 0 Å². The lowest BCUT2D eigenvalue weighted by Gasteiger charge is -2.08. The average molecular weight is 257 g/mol. The number of benzene rings is 1. The third kappa shape index (κ3) is 3.29. The first kappa shape index (κ1) is 12.6. The first-order valence-corrected chi connectivity index (χ1v) is 5.61. The van der Waals surface area contributed by atoms with Crippen molar-refractivity contribution in [3.63, 3.8) is 0 Å². The second kappa shape index (κ2) is 5.64. The van der Waals surface area contributed by atoms with E-state index in [4.69, 9.17) is 5.26 Å². The van der Waals surface area contributed by atoms with Gasteiger partial charge >= 0.3 is 0 Å². The molecule has 1 aromatic rings. The van der Waals surface area contributed by atoms with E-state index in [0.717, 1.165) is 5.56 Å². The number of hydrogen-bond donors (Lipinski definition) is 1. The van der Waals surface area contributed by atoms with Gasteiger partial charge in [0.05, 0.1) is 11.6 Å². The lowest BCUT2D eigenvalue weighted by atomic mass is 10.1. The average Bonchev–Trinajstić information content (AvgIpc) is 2.83. The first-order valence-electron chi connectivity index (χ1n) is 5.61. The van der Waals surface area contributed by atoms with Crippen LogP contribution < -0.4 is 5.32 Å². The van der Waals surface area contributed by atoms with E-state index in [-0.39, 0.29) is 5.96 Å². The maximum atomic E-state index is 10.3. The predicted molar refractivity (Wildman–Crippen MR) is 69.3 cm³/mol. The normalized spacial score (nSPS) is 16.6. The van der Waals surface area contributed by atoms with Crippen molar-refractivity contribution in [1.82, 2.24) is 10.2 Å². The summed E-state index contributed by atoms with van der Waals surface area (Å²) in [7, 11) is 0. The van der Waals surface area contributed by atoms with E-state index < -0.39 is 5.03 Å². The molecule has 1 heterocycles. The Hall–Kier alpha value is -2.88. The van der Waals surface area contributed by atoms with Crippen molar-refractivity contribution in [2.75, 3.05) is 13.1 Å². The van der Waals surface area contributed by atoms with Crippen LogP contribution in [0.5, 0.6) is 0 Å². The maximum Gasteiger partial charge on any atom is 0.275 e. The summed E-state index contributed by atoms with van der Waals surface area (Å²) in [5, 5.41) is 24.5. The molecule has 0 spiro atoms. The van der Waals surface area contributed by atoms with Gasteiger partial charge < -0.3 is 10.2 Å². The number of hydrazone groups is 1. The van der Waals surface area contributed by atoms with Crippen LogP contribution >= 0.6 is 0 Å². The number of nitrogens with one attached hydrogen (secondary N) is 1. The third-order valence-corrected chi connectivity index (χ3v) is 2.55. The largest absolute Gasteiger partial charge is 0.349 e. The Bertz CT molecular complexity index is 588. The number of nitro groups is 1. The molecule has 1 N–H and O–H groups in total. The molecule has 1 saturated heterocycles. The highest BCUT2D eigenvalue weighted by molar-refractivity contribution is 5.82. The lowest BCUT2D eigenvalue weighted by molar-refractivity contribution is -0.485. The highest BCUT2D eigenvalue weighted by Crippen LogP contribution is 2.08. The van der Waals surface area contributed by atoms with E-state index in [1.165, 1.54) is 0 Å². The van der Waals surface area contributed by atoms with E-state index in [9.17, 15) is 10.1 Å². The molecule has 0 unspecified atom stereocenters. The quantitative estimate of drug-likeness (QED) is 0.643. The molecular formula is C12H11N5O2. The van der Waals surface area contributed by atoms with Crippen molar-refractivity contribution in [1.29, 1.82) is 5.26 Å². The molecule has 0 atom stereocenters. The Balaban J connectivity index is 2.14. The van der Waals surface area contributed by atoms with Crippen LogP contribution in [0.2, 0.25) is 0 Å². The summed E-state index contributed by atoms with van der Waals surface area (Å²) in [6, 6.07) is 9.15. The van der Waals surface area contributed by atoms with Gasteiger partial charge in [0.2, 0.25) is 0 Å². The van der Waals surface area contributed by atoms with Gasteiger partial charge in [-0.15, -0.1) is 0 Å². The minimum atomic E-state index is -0.731. The number of hydrogen-bond acceptors (Lipinski definition) is 3. The first-order chi connectivity index (χ1) is 9.19. The van der Waals surface area contributed by atoms with Gasteiger partial charge in [0.1, 0.15) is 5.10 Å². The SMILES string of the molecule is N#Cc1cccc(C=CN2CCNC2=N[N+](=O)[O-])c1. The number of nitriles is 1. The summed E-state index contributed by atoms with van der Waals surface area (Å²) < 4.78 is 0. The molecule has 0 amide bonds. The van der Waals surface area contributed by atoms with Crippen molar-refractivity contribution in [3.05, 3.63) is 51.7 Å². The summed E-state index contributed by atoms with van der Waals surface area (Å²) in [5.74, 6) is 0.220. The standard InChI is InChI=1S/C12H11N5O2/c13-9-11-3-1-2-10(8-11)4-6-16-7-5-14-12(16)15-17(18)19/h1-4,6,8H,5,7H2,(H,14,15). The fourth-order valence-electron chi connectivity index (χ4n) is 1.70. The van der Waals surface area contributed by atoms with Crippen LogP contribution in [-0.2, 0) is 0 Å². The molecule has 2 rings (SSSR count). The van der Waals surface area contributed by atoms with E-state index >= 15 is 0 Å². The molecule has 96 valence electrons. The summed E-state index contributed by atoms with van der Waals surface area (Å²) >= 11 is 0. The van der Waals surface area contributed by atoms with Crippen molar-refractivity contribution in [2.45, 2.75) is 0 Å². The topological polar surface area (TPSA) is 94.6 Å². The van der Waals surface area contributed by atoms with Crippen LogP contribution in [0, 0.1) is 21.4 Å². The monoisotopic (exact) mass is 257 g/mol. The van der Waals surface area contributed by atoms with E-state index in [1.54, 1.807) is 35.4 Å². The summed E-state index contributed by atoms with van der Waals surface area (Å²) in [4.78, 5) is 12.0. The molecule has 1 fully saturated rings. The van der Waals surface area contributed by atoms with Gasteiger partial charge in [-0.1, -0.05) is 12.1 Å². The predicted octanol–water partition coefficient (Wildman–Crippen LogP) is 0.982. The molecule has 1 aromatic carbocycles. The van der Waals surface area contributed by atoms with Gasteiger partial charge in [-0.2, -0.15) is 5.26 Å². The van der Waals surface area contributed by atoms with Crippen LogP contribution in [0.3, 0.4) is 0 Å². The molecule has 19 heavy (non-hydrogen) atoms. The Morgan fingerprint density at radius 2 is 2.42 bits per heavy atom. The van der Waals surface area contributed by atoms with Gasteiger partial charge in [0.25, 0.3) is 5.96 Å². The second-order valence-electron chi connectivity index (χ2n) is 3.83. The van der Waals surface area contributed by atoms with Gasteiger partial charge in [-0.05, 0) is 23.8 Å². The van der Waals surface area contributed by atoms with Crippen molar-refractivity contribution < 1.29 is 5.03 Å². The summed E-state index contributed by atoms with van der Waals surface area (Å²) in [6.45, 7) is 1.22. The van der Waals surface area contributed by atoms with Crippen LogP contribution in [-0.4, -0.2) is 29.0 Å². The number of guanidine groups is 1. The zero-order valence-electron chi connectivity index (χ0n) is 9.98. The minimum Gasteiger partial charge on any atom is -0.349 e. The zero-order valence-corrected chi connectivity index (χ0v) is 9.98. The van der Waals surface area contributed by atoms with E-state index in [0.29, 0.717) is 18.7 Å². The molecule has 0 bridgehead atoms. The number of rotatable bonds is 3. The Labute approximate surface area is 109 Å². The van der Waals surface area contributed by atoms with Gasteiger partial charge in [-0.25, -0.2) is 10.1 Å². The molecule has 7 nitrogen and oxygen atoms in total. The highest BCUT2D eigenvalue weighted by atomic mass is 16.7. The molecule has 0 saturated carbocycles. The zero-order chi connectivity index (χ0) is 13.7. The van der Waals surface area contributed by atoms with Gasteiger partial charge in [0.15, 0.2) is 5.03 Å². The summed E-state index contributed by atoms with van der Waals surface area (Å²) in [5.41, 5.74) is 1.42. The number of nitrogens with zero attached hydrogens (tertiary/aromatic N) is 4. The second-order valence-corrected chi connectivity index (χ2v) is 3.83. The third-order valence-electron chi connectivity index (χ3n) is 2.55. The minimum absolute atomic E-state index is 0.220. The highest BCUT2D eigenvalue weighted by Gasteiger charge is 2.18. The van der Waals surface area contributed by atoms with Crippen LogP contribution in [0.1, 0.15) is 11.1 Å². The molecule has 0 radical (unpaired) electrons. The van der Waals surface area contributed by atoms with Crippen molar-refractivity contribution in [3.8, 4) is 6.07 Å². The van der Waals surface area contributed by atoms with Crippen molar-refractivity contribution >= 4 is 12.0 Å². The van der Waals surface area contributed by atoms with Gasteiger partial charge in [0, 0.05) is 19.3 Å². The molecule has 1 aliphatic rings. The van der Waals surface area contributed by atoms with Crippen LogP contribution in [0.15, 0.2) is 35.6 Å². The van der Waals surface area contributed by atoms with Crippen LogP contribution in [0.25, 0.3) is 6.08 Å². The van der Waals surface area contributed by atoms with Crippen LogP contribution in [0.4, 0.5) is 0 Å². The molecular weight excluding hydrogens is 246 g/mol. The fourth-order valence-corrected chi connectivity index (χ4v) is 1.70. The molecule has 7 heteroatoms. The molecule has 1 aliphatic heterocycles. The Kier molecular flexibility index (Phi) is 3.73. The molecule has 0 aliphatic carbocycles. The smallest absolute Gasteiger partial charge is 0.275 e. The lowest BCUT2D eigenvalue weighted by Crippen LogP contribution is -2.26.